The Kier molecular flexibility index (Phi) is 3.33. The van der Waals surface area contributed by atoms with Crippen LogP contribution in [0, 0.1) is 17.8 Å². The van der Waals surface area contributed by atoms with Crippen molar-refractivity contribution in [1.29, 1.82) is 0 Å². The van der Waals surface area contributed by atoms with Gasteiger partial charge < -0.3 is 9.64 Å². The van der Waals surface area contributed by atoms with E-state index in [0.29, 0.717) is 17.7 Å². The normalized spacial score (nSPS) is 37.0. The Morgan fingerprint density at radius 3 is 2.69 bits per heavy atom. The van der Waals surface area contributed by atoms with E-state index in [2.05, 4.69) is 0 Å². The number of fused-ring (bicyclic) bond motifs is 3. The SMILES string of the molecule is O=C1C[C@@]2(CC[C@@H]3[C@@H](C(=O)N4CCS(=O)(=O)CC4)[C@@H]32)Oc2ccccc21. The van der Waals surface area contributed by atoms with Crippen molar-refractivity contribution in [3.05, 3.63) is 29.8 Å². The van der Waals surface area contributed by atoms with Gasteiger partial charge in [-0.25, -0.2) is 8.42 Å². The molecular weight excluding hydrogens is 354 g/mol. The Hall–Kier alpha value is -1.89. The van der Waals surface area contributed by atoms with Gasteiger partial charge in [-0.2, -0.15) is 0 Å². The maximum Gasteiger partial charge on any atom is 0.226 e. The molecule has 4 atom stereocenters. The van der Waals surface area contributed by atoms with E-state index in [1.807, 2.05) is 18.2 Å². The number of rotatable bonds is 1. The number of nitrogens with zero attached hydrogens (tertiary/aromatic N) is 1. The Morgan fingerprint density at radius 1 is 1.19 bits per heavy atom. The van der Waals surface area contributed by atoms with Crippen LogP contribution in [0.2, 0.25) is 0 Å². The third-order valence-corrected chi connectivity index (χ3v) is 8.19. The molecule has 3 fully saturated rings. The minimum absolute atomic E-state index is 0.0453. The smallest absolute Gasteiger partial charge is 0.226 e. The highest BCUT2D eigenvalue weighted by Gasteiger charge is 2.71. The zero-order valence-electron chi connectivity index (χ0n) is 14.4. The lowest BCUT2D eigenvalue weighted by atomic mass is 9.84. The molecule has 1 spiro atoms. The number of carbonyl (C=O) groups excluding carboxylic acids is 2. The van der Waals surface area contributed by atoms with E-state index in [1.165, 1.54) is 0 Å². The summed E-state index contributed by atoms with van der Waals surface area (Å²) in [7, 11) is -3.00. The minimum Gasteiger partial charge on any atom is -0.486 e. The van der Waals surface area contributed by atoms with Crippen LogP contribution in [0.25, 0.3) is 0 Å². The van der Waals surface area contributed by atoms with Gasteiger partial charge in [0.1, 0.15) is 11.4 Å². The Bertz CT molecular complexity index is 896. The number of ketones is 1. The maximum atomic E-state index is 12.9. The van der Waals surface area contributed by atoms with Crippen LogP contribution < -0.4 is 4.74 Å². The zero-order chi connectivity index (χ0) is 18.1. The van der Waals surface area contributed by atoms with Crippen molar-refractivity contribution in [2.75, 3.05) is 24.6 Å². The van der Waals surface area contributed by atoms with Crippen LogP contribution in [0.4, 0.5) is 0 Å². The molecule has 138 valence electrons. The average Bonchev–Trinajstić information content (AvgIpc) is 3.25. The maximum absolute atomic E-state index is 12.9. The zero-order valence-corrected chi connectivity index (χ0v) is 15.2. The second kappa shape index (κ2) is 5.31. The van der Waals surface area contributed by atoms with Gasteiger partial charge in [-0.15, -0.1) is 0 Å². The number of para-hydroxylation sites is 1. The van der Waals surface area contributed by atoms with Crippen molar-refractivity contribution in [3.8, 4) is 5.75 Å². The molecule has 0 unspecified atom stereocenters. The fraction of sp³-hybridized carbons (Fsp3) is 0.579. The van der Waals surface area contributed by atoms with Crippen molar-refractivity contribution in [3.63, 3.8) is 0 Å². The Labute approximate surface area is 152 Å². The van der Waals surface area contributed by atoms with Gasteiger partial charge in [0.15, 0.2) is 15.6 Å². The molecule has 2 aliphatic carbocycles. The molecule has 1 amide bonds. The summed E-state index contributed by atoms with van der Waals surface area (Å²) in [5.41, 5.74) is 0.0736. The molecule has 7 heteroatoms. The van der Waals surface area contributed by atoms with Crippen molar-refractivity contribution in [1.82, 2.24) is 4.90 Å². The molecule has 1 saturated heterocycles. The summed E-state index contributed by atoms with van der Waals surface area (Å²) in [5, 5.41) is 0. The van der Waals surface area contributed by atoms with Gasteiger partial charge in [-0.05, 0) is 30.9 Å². The van der Waals surface area contributed by atoms with E-state index in [0.717, 1.165) is 12.8 Å². The Balaban J connectivity index is 1.36. The molecule has 2 heterocycles. The molecule has 0 N–H and O–H groups in total. The van der Waals surface area contributed by atoms with E-state index in [9.17, 15) is 18.0 Å². The van der Waals surface area contributed by atoms with E-state index in [4.69, 9.17) is 4.74 Å². The van der Waals surface area contributed by atoms with Crippen LogP contribution in [0.3, 0.4) is 0 Å². The number of benzene rings is 1. The number of hydrogen-bond acceptors (Lipinski definition) is 5. The summed E-state index contributed by atoms with van der Waals surface area (Å²) in [6, 6.07) is 7.32. The summed E-state index contributed by atoms with van der Waals surface area (Å²) in [6.45, 7) is 0.569. The number of amides is 1. The van der Waals surface area contributed by atoms with Gasteiger partial charge in [0.25, 0.3) is 0 Å². The molecule has 0 radical (unpaired) electrons. The quantitative estimate of drug-likeness (QED) is 0.739. The van der Waals surface area contributed by atoms with Crippen LogP contribution in [0.5, 0.6) is 5.75 Å². The van der Waals surface area contributed by atoms with Crippen molar-refractivity contribution >= 4 is 21.5 Å². The molecule has 2 saturated carbocycles. The summed E-state index contributed by atoms with van der Waals surface area (Å²) in [5.74, 6) is 1.08. The topological polar surface area (TPSA) is 80.8 Å². The second-order valence-electron chi connectivity index (χ2n) is 7.99. The average molecular weight is 375 g/mol. The van der Waals surface area contributed by atoms with E-state index in [1.54, 1.807) is 11.0 Å². The molecule has 0 bridgehead atoms. The van der Waals surface area contributed by atoms with Crippen LogP contribution in [-0.2, 0) is 14.6 Å². The summed E-state index contributed by atoms with van der Waals surface area (Å²) in [4.78, 5) is 27.2. The fourth-order valence-electron chi connectivity index (χ4n) is 5.24. The molecule has 2 aliphatic heterocycles. The minimum atomic E-state index is -3.00. The number of carbonyl (C=O) groups is 2. The number of Topliss-reactive ketones (excluding diaryl/α,β-unsaturated/α-hetero) is 1. The molecule has 26 heavy (non-hydrogen) atoms. The van der Waals surface area contributed by atoms with Gasteiger partial charge in [0.05, 0.1) is 23.5 Å². The summed E-state index contributed by atoms with van der Waals surface area (Å²) < 4.78 is 29.5. The van der Waals surface area contributed by atoms with E-state index < -0.39 is 15.4 Å². The first-order valence-corrected chi connectivity index (χ1v) is 11.0. The van der Waals surface area contributed by atoms with E-state index >= 15 is 0 Å². The van der Waals surface area contributed by atoms with Crippen LogP contribution in [0.15, 0.2) is 24.3 Å². The van der Waals surface area contributed by atoms with Crippen molar-refractivity contribution in [2.24, 2.45) is 17.8 Å². The van der Waals surface area contributed by atoms with Gasteiger partial charge in [0.2, 0.25) is 5.91 Å². The predicted octanol–water partition coefficient (Wildman–Crippen LogP) is 1.30. The van der Waals surface area contributed by atoms with Crippen molar-refractivity contribution < 1.29 is 22.7 Å². The van der Waals surface area contributed by atoms with Gasteiger partial charge in [-0.3, -0.25) is 9.59 Å². The molecule has 4 aliphatic rings. The first-order chi connectivity index (χ1) is 12.4. The molecule has 1 aromatic carbocycles. The number of ether oxygens (including phenoxy) is 1. The molecule has 5 rings (SSSR count). The van der Waals surface area contributed by atoms with Crippen LogP contribution in [-0.4, -0.2) is 55.2 Å². The Morgan fingerprint density at radius 2 is 1.92 bits per heavy atom. The van der Waals surface area contributed by atoms with Gasteiger partial charge in [0, 0.05) is 24.9 Å². The lowest BCUT2D eigenvalue weighted by molar-refractivity contribution is -0.134. The van der Waals surface area contributed by atoms with Gasteiger partial charge in [-0.1, -0.05) is 12.1 Å². The first-order valence-electron chi connectivity index (χ1n) is 9.21. The standard InChI is InChI=1S/C19H21NO5S/c21-14-11-19(25-15-4-2-1-3-12(14)15)6-5-13-16(17(13)19)18(22)20-7-9-26(23,24)10-8-20/h1-4,13,16-17H,5-11H2/t13-,16-,17-,19-/m1/s1. The summed E-state index contributed by atoms with van der Waals surface area (Å²) >= 11 is 0. The third-order valence-electron chi connectivity index (χ3n) is 6.58. The largest absolute Gasteiger partial charge is 0.486 e. The number of hydrogen-bond donors (Lipinski definition) is 0. The first kappa shape index (κ1) is 16.3. The molecule has 1 aromatic rings. The second-order valence-corrected chi connectivity index (χ2v) is 10.3. The van der Waals surface area contributed by atoms with E-state index in [-0.39, 0.29) is 54.0 Å². The lowest BCUT2D eigenvalue weighted by Crippen LogP contribution is -2.47. The highest BCUT2D eigenvalue weighted by molar-refractivity contribution is 7.91. The third kappa shape index (κ3) is 2.32. The highest BCUT2D eigenvalue weighted by Crippen LogP contribution is 2.66. The summed E-state index contributed by atoms with van der Waals surface area (Å²) in [6.07, 6.45) is 2.03. The molecule has 0 aromatic heterocycles. The molecule has 6 nitrogen and oxygen atoms in total. The van der Waals surface area contributed by atoms with Crippen LogP contribution in [0.1, 0.15) is 29.6 Å². The monoisotopic (exact) mass is 375 g/mol. The van der Waals surface area contributed by atoms with Gasteiger partial charge >= 0.3 is 0 Å². The highest BCUT2D eigenvalue weighted by atomic mass is 32.2. The molecular formula is C19H21NO5S. The fourth-order valence-corrected chi connectivity index (χ4v) is 6.44. The van der Waals surface area contributed by atoms with Crippen molar-refractivity contribution in [2.45, 2.75) is 24.9 Å². The predicted molar refractivity (Wildman–Crippen MR) is 93.7 cm³/mol. The number of sulfone groups is 1. The van der Waals surface area contributed by atoms with Crippen LogP contribution >= 0.6 is 0 Å². The lowest BCUT2D eigenvalue weighted by Gasteiger charge is -2.37.